The second-order valence-corrected chi connectivity index (χ2v) is 14.2. The zero-order chi connectivity index (χ0) is 29.4. The highest BCUT2D eigenvalue weighted by Gasteiger charge is 2.77. The summed E-state index contributed by atoms with van der Waals surface area (Å²) in [6, 6.07) is 0. The first-order chi connectivity index (χ1) is 19.4. The highest BCUT2D eigenvalue weighted by Crippen LogP contribution is 2.71. The van der Waals surface area contributed by atoms with Gasteiger partial charge in [0.05, 0.1) is 17.9 Å². The van der Waals surface area contributed by atoms with Crippen LogP contribution < -0.4 is 0 Å². The van der Waals surface area contributed by atoms with Crippen LogP contribution in [0.15, 0.2) is 23.8 Å². The Morgan fingerprint density at radius 2 is 1.68 bits per heavy atom. The SMILES string of the molecule is C[C@@H]1C[C@@H]2[C@@H]3CCC4=CC(=O)C=C[C@]4(C)[C@@]3(F)[C@@H](O)C[C@]2(C)[C@@]1(OC(=O)C1CC1)C(=O)COC(=O)C1CCCCC1. The Balaban J connectivity index is 1.35. The lowest BCUT2D eigenvalue weighted by atomic mass is 9.44. The Labute approximate surface area is 241 Å². The van der Waals surface area contributed by atoms with Gasteiger partial charge in [0.15, 0.2) is 23.7 Å². The van der Waals surface area contributed by atoms with E-state index in [1.165, 1.54) is 12.2 Å². The fraction of sp³-hybridized carbons (Fsp3) is 0.758. The molecule has 6 rings (SSSR count). The highest BCUT2D eigenvalue weighted by molar-refractivity contribution is 6.01. The number of aliphatic hydroxyl groups excluding tert-OH is 1. The van der Waals surface area contributed by atoms with Crippen molar-refractivity contribution in [2.75, 3.05) is 6.61 Å². The van der Waals surface area contributed by atoms with Crippen molar-refractivity contribution in [2.24, 2.45) is 40.4 Å². The molecule has 224 valence electrons. The van der Waals surface area contributed by atoms with Gasteiger partial charge in [-0.15, -0.1) is 0 Å². The number of hydrogen-bond donors (Lipinski definition) is 1. The molecule has 0 radical (unpaired) electrons. The van der Waals surface area contributed by atoms with Crippen molar-refractivity contribution in [3.8, 4) is 0 Å². The molecule has 5 saturated carbocycles. The van der Waals surface area contributed by atoms with E-state index < -0.39 is 64.4 Å². The van der Waals surface area contributed by atoms with Crippen LogP contribution in [0.4, 0.5) is 4.39 Å². The van der Waals surface area contributed by atoms with Crippen LogP contribution in [0.5, 0.6) is 0 Å². The number of rotatable bonds is 6. The first kappa shape index (κ1) is 28.8. The fourth-order valence-electron chi connectivity index (χ4n) is 9.66. The third-order valence-electron chi connectivity index (χ3n) is 12.1. The van der Waals surface area contributed by atoms with E-state index in [4.69, 9.17) is 9.47 Å². The van der Waals surface area contributed by atoms with Gasteiger partial charge >= 0.3 is 11.9 Å². The van der Waals surface area contributed by atoms with Gasteiger partial charge < -0.3 is 14.6 Å². The quantitative estimate of drug-likeness (QED) is 0.449. The van der Waals surface area contributed by atoms with Crippen LogP contribution in [0, 0.1) is 40.4 Å². The third-order valence-corrected chi connectivity index (χ3v) is 12.1. The van der Waals surface area contributed by atoms with E-state index in [0.29, 0.717) is 37.7 Å². The van der Waals surface area contributed by atoms with Gasteiger partial charge in [0.2, 0.25) is 5.78 Å². The summed E-state index contributed by atoms with van der Waals surface area (Å²) in [4.78, 5) is 52.6. The second kappa shape index (κ2) is 9.85. The summed E-state index contributed by atoms with van der Waals surface area (Å²) < 4.78 is 29.5. The maximum absolute atomic E-state index is 17.6. The third kappa shape index (κ3) is 4.05. The van der Waals surface area contributed by atoms with Gasteiger partial charge in [-0.2, -0.15) is 0 Å². The Hall–Kier alpha value is -2.35. The summed E-state index contributed by atoms with van der Waals surface area (Å²) in [5.74, 6) is -3.40. The van der Waals surface area contributed by atoms with E-state index in [-0.39, 0.29) is 30.0 Å². The van der Waals surface area contributed by atoms with Crippen molar-refractivity contribution in [3.05, 3.63) is 23.8 Å². The number of carbonyl (C=O) groups excluding carboxylic acids is 4. The number of hydrogen-bond acceptors (Lipinski definition) is 7. The predicted octanol–water partition coefficient (Wildman–Crippen LogP) is 4.99. The van der Waals surface area contributed by atoms with Crippen molar-refractivity contribution in [1.82, 2.24) is 0 Å². The smallest absolute Gasteiger partial charge is 0.309 e. The number of alkyl halides is 1. The Bertz CT molecular complexity index is 1210. The summed E-state index contributed by atoms with van der Waals surface area (Å²) in [5.41, 5.74) is -5.21. The normalized spacial score (nSPS) is 43.8. The first-order valence-corrected chi connectivity index (χ1v) is 15.6. The van der Waals surface area contributed by atoms with Crippen molar-refractivity contribution < 1.29 is 38.1 Å². The standard InChI is InChI=1S/C33H43FO7/c1-19-15-25-24-12-11-22-16-23(35)13-14-30(22,2)32(24,34)26(36)17-31(25,3)33(19,41-29(39)21-9-10-21)27(37)18-40-28(38)20-7-5-4-6-8-20/h13-14,16,19-21,24-26,36H,4-12,15,17-18H2,1-3H3/t19-,24+,25-,26+,30+,31+,32+,33+/m1/s1. The average Bonchev–Trinajstić information content (AvgIpc) is 3.77. The van der Waals surface area contributed by atoms with E-state index in [9.17, 15) is 24.3 Å². The maximum atomic E-state index is 17.6. The molecule has 0 bridgehead atoms. The number of allylic oxidation sites excluding steroid dienone is 4. The number of aliphatic hydroxyl groups is 1. The van der Waals surface area contributed by atoms with Gasteiger partial charge in [0.1, 0.15) is 0 Å². The molecular formula is C33H43FO7. The molecule has 7 nitrogen and oxygen atoms in total. The molecule has 6 aliphatic carbocycles. The van der Waals surface area contributed by atoms with Crippen LogP contribution >= 0.6 is 0 Å². The number of ketones is 2. The Kier molecular flexibility index (Phi) is 6.91. The zero-order valence-electron chi connectivity index (χ0n) is 24.5. The van der Waals surface area contributed by atoms with Crippen LogP contribution in [0.1, 0.15) is 91.4 Å². The molecule has 0 heterocycles. The van der Waals surface area contributed by atoms with Gasteiger partial charge in [0, 0.05) is 22.7 Å². The molecule has 8 heteroatoms. The molecule has 0 aromatic carbocycles. The summed E-state index contributed by atoms with van der Waals surface area (Å²) in [5, 5.41) is 11.7. The number of halogens is 1. The lowest BCUT2D eigenvalue weighted by Gasteiger charge is -2.62. The molecule has 1 N–H and O–H groups in total. The van der Waals surface area contributed by atoms with Gasteiger partial charge in [-0.3, -0.25) is 19.2 Å². The summed E-state index contributed by atoms with van der Waals surface area (Å²) in [6.07, 6.45) is 10.2. The monoisotopic (exact) mass is 570 g/mol. The van der Waals surface area contributed by atoms with Crippen molar-refractivity contribution >= 4 is 23.5 Å². The predicted molar refractivity (Wildman–Crippen MR) is 147 cm³/mol. The highest BCUT2D eigenvalue weighted by atomic mass is 19.1. The number of ether oxygens (including phenoxy) is 2. The molecule has 0 unspecified atom stereocenters. The molecule has 0 aromatic rings. The molecule has 0 spiro atoms. The molecule has 5 fully saturated rings. The first-order valence-electron chi connectivity index (χ1n) is 15.6. The summed E-state index contributed by atoms with van der Waals surface area (Å²) in [6.45, 7) is 4.98. The lowest BCUT2D eigenvalue weighted by molar-refractivity contribution is -0.229. The van der Waals surface area contributed by atoms with Crippen LogP contribution in [0.2, 0.25) is 0 Å². The van der Waals surface area contributed by atoms with Crippen molar-refractivity contribution in [1.29, 1.82) is 0 Å². The average molecular weight is 571 g/mol. The van der Waals surface area contributed by atoms with Crippen LogP contribution in [0.25, 0.3) is 0 Å². The van der Waals surface area contributed by atoms with Crippen LogP contribution in [-0.4, -0.2) is 52.6 Å². The zero-order valence-corrected chi connectivity index (χ0v) is 24.5. The molecule has 0 saturated heterocycles. The molecular weight excluding hydrogens is 527 g/mol. The van der Waals surface area contributed by atoms with E-state index >= 15 is 4.39 Å². The summed E-state index contributed by atoms with van der Waals surface area (Å²) >= 11 is 0. The molecule has 8 atom stereocenters. The Morgan fingerprint density at radius 3 is 2.37 bits per heavy atom. The van der Waals surface area contributed by atoms with Crippen LogP contribution in [-0.2, 0) is 28.7 Å². The van der Waals surface area contributed by atoms with E-state index in [1.54, 1.807) is 13.0 Å². The van der Waals surface area contributed by atoms with Crippen LogP contribution in [0.3, 0.4) is 0 Å². The minimum absolute atomic E-state index is 0.0834. The number of fused-ring (bicyclic) bond motifs is 5. The largest absolute Gasteiger partial charge is 0.457 e. The van der Waals surface area contributed by atoms with Gasteiger partial charge in [-0.1, -0.05) is 44.8 Å². The fourth-order valence-corrected chi connectivity index (χ4v) is 9.66. The number of esters is 2. The minimum atomic E-state index is -2.05. The molecule has 0 amide bonds. The molecule has 41 heavy (non-hydrogen) atoms. The maximum Gasteiger partial charge on any atom is 0.309 e. The number of carbonyl (C=O) groups is 4. The topological polar surface area (TPSA) is 107 Å². The van der Waals surface area contributed by atoms with E-state index in [2.05, 4.69) is 0 Å². The van der Waals surface area contributed by atoms with Gasteiger partial charge in [0.25, 0.3) is 0 Å². The molecule has 6 aliphatic rings. The summed E-state index contributed by atoms with van der Waals surface area (Å²) in [7, 11) is 0. The van der Waals surface area contributed by atoms with E-state index in [1.807, 2.05) is 13.8 Å². The number of Topliss-reactive ketones (excluding diaryl/α,β-unsaturated/α-hetero) is 1. The van der Waals surface area contributed by atoms with Crippen molar-refractivity contribution in [2.45, 2.75) is 109 Å². The van der Waals surface area contributed by atoms with E-state index in [0.717, 1.165) is 32.1 Å². The minimum Gasteiger partial charge on any atom is -0.457 e. The van der Waals surface area contributed by atoms with Crippen molar-refractivity contribution in [3.63, 3.8) is 0 Å². The second-order valence-electron chi connectivity index (χ2n) is 14.2. The lowest BCUT2D eigenvalue weighted by Crippen LogP contribution is -2.70. The van der Waals surface area contributed by atoms with Gasteiger partial charge in [-0.05, 0) is 76.4 Å². The Morgan fingerprint density at radius 1 is 1.00 bits per heavy atom. The van der Waals surface area contributed by atoms with Gasteiger partial charge in [-0.25, -0.2) is 4.39 Å². The molecule has 0 aromatic heterocycles. The molecule has 0 aliphatic heterocycles.